The number of aliphatic hydroxyl groups excluding tert-OH is 3. The molecule has 5 nitrogen and oxygen atoms in total. The van der Waals surface area contributed by atoms with E-state index in [1.165, 1.54) is 327 Å². The van der Waals surface area contributed by atoms with Gasteiger partial charge in [-0.25, -0.2) is 0 Å². The second-order valence-electron chi connectivity index (χ2n) is 23.0. The number of rotatable bonds is 62. The normalized spacial score (nSPS) is 13.0. The van der Waals surface area contributed by atoms with Crippen molar-refractivity contribution in [2.45, 2.75) is 405 Å². The molecule has 0 saturated heterocycles. The summed E-state index contributed by atoms with van der Waals surface area (Å²) in [7, 11) is 0. The fourth-order valence-electron chi connectivity index (χ4n) is 10.9. The first-order valence-corrected chi connectivity index (χ1v) is 32.8. The third-order valence-electron chi connectivity index (χ3n) is 16.0. The second kappa shape index (κ2) is 60.9. The van der Waals surface area contributed by atoms with Crippen molar-refractivity contribution in [1.29, 1.82) is 0 Å². The molecule has 0 aliphatic carbocycles. The maximum absolute atomic E-state index is 12.6. The summed E-state index contributed by atoms with van der Waals surface area (Å²) in [5.74, 6) is -0.134. The van der Waals surface area contributed by atoms with E-state index in [2.05, 4.69) is 19.2 Å². The standard InChI is InChI=1S/C65H131NO4/c1-3-5-7-9-11-13-15-17-19-21-23-25-27-28-29-30-31-32-33-34-35-36-38-40-42-44-46-48-50-52-54-56-58-60-64(69)66-62(61-67)65(70)63(68)59-57-55-53-51-49-47-45-43-41-39-37-26-24-22-20-18-16-14-12-10-8-6-4-2/h62-63,65,67-68,70H,3-61H2,1-2H3,(H,66,69). The molecule has 0 aliphatic rings. The van der Waals surface area contributed by atoms with E-state index in [9.17, 15) is 20.1 Å². The highest BCUT2D eigenvalue weighted by molar-refractivity contribution is 5.76. The highest BCUT2D eigenvalue weighted by Crippen LogP contribution is 2.20. The van der Waals surface area contributed by atoms with Gasteiger partial charge in [0.2, 0.25) is 5.91 Å². The van der Waals surface area contributed by atoms with Gasteiger partial charge in [-0.2, -0.15) is 0 Å². The zero-order valence-electron chi connectivity index (χ0n) is 48.2. The Bertz CT molecular complexity index is 960. The van der Waals surface area contributed by atoms with Gasteiger partial charge in [0.25, 0.3) is 0 Å². The number of amides is 1. The van der Waals surface area contributed by atoms with Crippen LogP contribution in [0.4, 0.5) is 0 Å². The summed E-state index contributed by atoms with van der Waals surface area (Å²) < 4.78 is 0. The van der Waals surface area contributed by atoms with E-state index >= 15 is 0 Å². The SMILES string of the molecule is CCCCCCCCCCCCCCCCCCCCCCCCCCCCCCCCCCCC(=O)NC(CO)C(O)C(O)CCCCCCCCCCCCCCCCCCCCCCCCC. The fraction of sp³-hybridized carbons (Fsp3) is 0.985. The van der Waals surface area contributed by atoms with Gasteiger partial charge in [0.1, 0.15) is 6.10 Å². The third-order valence-corrected chi connectivity index (χ3v) is 16.0. The van der Waals surface area contributed by atoms with Gasteiger partial charge in [-0.1, -0.05) is 367 Å². The van der Waals surface area contributed by atoms with Crippen LogP contribution < -0.4 is 5.32 Å². The van der Waals surface area contributed by atoms with Crippen molar-refractivity contribution in [3.63, 3.8) is 0 Å². The largest absolute Gasteiger partial charge is 0.394 e. The predicted molar refractivity (Wildman–Crippen MR) is 310 cm³/mol. The summed E-state index contributed by atoms with van der Waals surface area (Å²) in [6.07, 6.45) is 75.9. The molecule has 3 unspecified atom stereocenters. The lowest BCUT2D eigenvalue weighted by atomic mass is 9.99. The molecular formula is C65H131NO4. The Hall–Kier alpha value is -0.650. The highest BCUT2D eigenvalue weighted by atomic mass is 16.3. The van der Waals surface area contributed by atoms with Crippen LogP contribution in [0.2, 0.25) is 0 Å². The van der Waals surface area contributed by atoms with Crippen molar-refractivity contribution >= 4 is 5.91 Å². The molecule has 0 spiro atoms. The molecule has 420 valence electrons. The summed E-state index contributed by atoms with van der Waals surface area (Å²) in [4.78, 5) is 12.6. The molecule has 0 radical (unpaired) electrons. The van der Waals surface area contributed by atoms with Crippen LogP contribution in [0.1, 0.15) is 386 Å². The van der Waals surface area contributed by atoms with E-state index < -0.39 is 18.2 Å². The van der Waals surface area contributed by atoms with Crippen LogP contribution in [0, 0.1) is 0 Å². The van der Waals surface area contributed by atoms with Gasteiger partial charge < -0.3 is 20.6 Å². The Morgan fingerprint density at radius 2 is 0.486 bits per heavy atom. The summed E-state index contributed by atoms with van der Waals surface area (Å²) >= 11 is 0. The average molecular weight is 991 g/mol. The Labute approximate surface area is 440 Å². The second-order valence-corrected chi connectivity index (χ2v) is 23.0. The van der Waals surface area contributed by atoms with E-state index in [0.717, 1.165) is 32.1 Å². The van der Waals surface area contributed by atoms with Gasteiger partial charge in [-0.15, -0.1) is 0 Å². The van der Waals surface area contributed by atoms with Crippen LogP contribution in [0.5, 0.6) is 0 Å². The van der Waals surface area contributed by atoms with Crippen molar-refractivity contribution in [3.8, 4) is 0 Å². The maximum Gasteiger partial charge on any atom is 0.220 e. The van der Waals surface area contributed by atoms with E-state index in [0.29, 0.717) is 12.8 Å². The number of hydrogen-bond donors (Lipinski definition) is 4. The fourth-order valence-corrected chi connectivity index (χ4v) is 10.9. The molecule has 4 N–H and O–H groups in total. The summed E-state index contributed by atoms with van der Waals surface area (Å²) in [5, 5.41) is 33.9. The molecule has 0 aromatic carbocycles. The lowest BCUT2D eigenvalue weighted by Gasteiger charge is -2.26. The summed E-state index contributed by atoms with van der Waals surface area (Å²) in [5.41, 5.74) is 0. The minimum absolute atomic E-state index is 0.134. The molecule has 5 heteroatoms. The number of hydrogen-bond acceptors (Lipinski definition) is 4. The lowest BCUT2D eigenvalue weighted by Crippen LogP contribution is -2.50. The maximum atomic E-state index is 12.6. The van der Waals surface area contributed by atoms with Crippen molar-refractivity contribution in [3.05, 3.63) is 0 Å². The van der Waals surface area contributed by atoms with Crippen molar-refractivity contribution in [2.24, 2.45) is 0 Å². The van der Waals surface area contributed by atoms with E-state index in [4.69, 9.17) is 0 Å². The first-order chi connectivity index (χ1) is 34.6. The van der Waals surface area contributed by atoms with Gasteiger partial charge in [-0.3, -0.25) is 4.79 Å². The monoisotopic (exact) mass is 990 g/mol. The number of carbonyl (C=O) groups excluding carboxylic acids is 1. The molecular weight excluding hydrogens is 859 g/mol. The molecule has 0 aliphatic heterocycles. The van der Waals surface area contributed by atoms with Gasteiger partial charge in [-0.05, 0) is 12.8 Å². The average Bonchev–Trinajstić information content (AvgIpc) is 3.36. The third kappa shape index (κ3) is 55.1. The van der Waals surface area contributed by atoms with Crippen LogP contribution >= 0.6 is 0 Å². The Morgan fingerprint density at radius 3 is 0.686 bits per heavy atom. The van der Waals surface area contributed by atoms with Crippen LogP contribution in [-0.2, 0) is 4.79 Å². The zero-order chi connectivity index (χ0) is 50.7. The Balaban J connectivity index is 3.43. The van der Waals surface area contributed by atoms with E-state index in [1.807, 2.05) is 0 Å². The number of carbonyl (C=O) groups is 1. The minimum atomic E-state index is -1.13. The van der Waals surface area contributed by atoms with Crippen LogP contribution in [0.3, 0.4) is 0 Å². The topological polar surface area (TPSA) is 89.8 Å². The van der Waals surface area contributed by atoms with Gasteiger partial charge in [0, 0.05) is 6.42 Å². The number of nitrogens with one attached hydrogen (secondary N) is 1. The first kappa shape index (κ1) is 69.3. The Kier molecular flexibility index (Phi) is 60.3. The smallest absolute Gasteiger partial charge is 0.220 e. The Morgan fingerprint density at radius 1 is 0.300 bits per heavy atom. The highest BCUT2D eigenvalue weighted by Gasteiger charge is 2.26. The molecule has 0 bridgehead atoms. The molecule has 1 amide bonds. The van der Waals surface area contributed by atoms with E-state index in [1.54, 1.807) is 0 Å². The predicted octanol–water partition coefficient (Wildman–Crippen LogP) is 20.9. The van der Waals surface area contributed by atoms with Crippen molar-refractivity contribution in [1.82, 2.24) is 5.32 Å². The van der Waals surface area contributed by atoms with Crippen LogP contribution in [0.25, 0.3) is 0 Å². The molecule has 0 saturated carbocycles. The van der Waals surface area contributed by atoms with Crippen molar-refractivity contribution in [2.75, 3.05) is 6.61 Å². The molecule has 0 heterocycles. The zero-order valence-corrected chi connectivity index (χ0v) is 48.2. The summed E-state index contributed by atoms with van der Waals surface area (Å²) in [6.45, 7) is 4.24. The molecule has 0 fully saturated rings. The molecule has 70 heavy (non-hydrogen) atoms. The minimum Gasteiger partial charge on any atom is -0.394 e. The number of unbranched alkanes of at least 4 members (excludes halogenated alkanes) is 54. The quantitative estimate of drug-likeness (QED) is 0.0457. The molecule has 0 aromatic rings. The van der Waals surface area contributed by atoms with Crippen LogP contribution in [-0.4, -0.2) is 46.1 Å². The number of aliphatic hydroxyl groups is 3. The molecule has 0 aromatic heterocycles. The van der Waals surface area contributed by atoms with Crippen LogP contribution in [0.15, 0.2) is 0 Å². The van der Waals surface area contributed by atoms with Gasteiger partial charge in [0.05, 0.1) is 18.8 Å². The first-order valence-electron chi connectivity index (χ1n) is 32.8. The molecule has 3 atom stereocenters. The summed E-state index contributed by atoms with van der Waals surface area (Å²) in [6, 6.07) is -0.805. The van der Waals surface area contributed by atoms with E-state index in [-0.39, 0.29) is 12.5 Å². The lowest BCUT2D eigenvalue weighted by molar-refractivity contribution is -0.124. The molecule has 0 rings (SSSR count). The van der Waals surface area contributed by atoms with Crippen molar-refractivity contribution < 1.29 is 20.1 Å². The van der Waals surface area contributed by atoms with Gasteiger partial charge >= 0.3 is 0 Å². The van der Waals surface area contributed by atoms with Gasteiger partial charge in [0.15, 0.2) is 0 Å².